The van der Waals surface area contributed by atoms with Gasteiger partial charge in [-0.15, -0.1) is 0 Å². The quantitative estimate of drug-likeness (QED) is 0.138. The van der Waals surface area contributed by atoms with Crippen LogP contribution in [0.4, 0.5) is 0 Å². The van der Waals surface area contributed by atoms with E-state index in [0.717, 1.165) is 17.7 Å². The molecule has 0 aromatic heterocycles. The molecule has 0 amide bonds. The molecule has 5 heteroatoms. The van der Waals surface area contributed by atoms with Crippen LogP contribution in [-0.4, -0.2) is 16.6 Å². The van der Waals surface area contributed by atoms with E-state index in [1.807, 2.05) is 0 Å². The van der Waals surface area contributed by atoms with Crippen molar-refractivity contribution in [2.24, 2.45) is 0 Å². The number of benzene rings is 4. The van der Waals surface area contributed by atoms with Crippen molar-refractivity contribution in [2.45, 2.75) is 84.0 Å². The Balaban J connectivity index is 1.92. The predicted molar refractivity (Wildman–Crippen MR) is 191 cm³/mol. The Morgan fingerprint density at radius 2 is 0.857 bits per heavy atom. The van der Waals surface area contributed by atoms with Crippen molar-refractivity contribution >= 4 is 39.8 Å². The van der Waals surface area contributed by atoms with Crippen molar-refractivity contribution in [3.63, 3.8) is 0 Å². The van der Waals surface area contributed by atoms with Gasteiger partial charge in [-0.2, -0.15) is 0 Å². The average Bonchev–Trinajstić information content (AvgIpc) is 2.93. The van der Waals surface area contributed by atoms with E-state index >= 15 is 0 Å². The molecule has 0 saturated heterocycles. The van der Waals surface area contributed by atoms with Gasteiger partial charge in [-0.25, -0.2) is 0 Å². The van der Waals surface area contributed by atoms with Gasteiger partial charge in [0.2, 0.25) is 0 Å². The summed E-state index contributed by atoms with van der Waals surface area (Å²) in [6.07, 6.45) is 0.902. The molecule has 42 heavy (non-hydrogen) atoms. The molecular weight excluding hydrogens is 564 g/mol. The zero-order valence-corrected chi connectivity index (χ0v) is 30.3. The van der Waals surface area contributed by atoms with Gasteiger partial charge in [-0.05, 0) is 90.4 Å². The summed E-state index contributed by atoms with van der Waals surface area (Å²) in [5.41, 5.74) is 1.27. The molecule has 2 nitrogen and oxygen atoms in total. The van der Waals surface area contributed by atoms with E-state index in [0.29, 0.717) is 0 Å². The third kappa shape index (κ3) is 6.77. The van der Waals surface area contributed by atoms with Crippen molar-refractivity contribution in [3.05, 3.63) is 115 Å². The Bertz CT molecular complexity index is 1360. The van der Waals surface area contributed by atoms with E-state index in [9.17, 15) is 0 Å². The van der Waals surface area contributed by atoms with Gasteiger partial charge < -0.3 is 8.85 Å². The SMILES string of the molecule is CC(C)(C)[Si](C)(C)Oc1ccc(C[P+](c2ccccc2)(c2ccccc2)c2ccccc2)cc1O[Si](C)(C)C(C)(C)C. The van der Waals surface area contributed by atoms with Crippen LogP contribution in [0.3, 0.4) is 0 Å². The Kier molecular flexibility index (Phi) is 9.33. The molecular formula is C37H50O2PSi2+. The first-order valence-electron chi connectivity index (χ1n) is 15.1. The molecule has 0 unspecified atom stereocenters. The summed E-state index contributed by atoms with van der Waals surface area (Å²) < 4.78 is 14.0. The number of rotatable bonds is 9. The zero-order chi connectivity index (χ0) is 30.8. The zero-order valence-electron chi connectivity index (χ0n) is 27.4. The van der Waals surface area contributed by atoms with Crippen molar-refractivity contribution in [1.82, 2.24) is 0 Å². The van der Waals surface area contributed by atoms with Gasteiger partial charge >= 0.3 is 0 Å². The van der Waals surface area contributed by atoms with E-state index in [2.05, 4.69) is 177 Å². The van der Waals surface area contributed by atoms with E-state index in [4.69, 9.17) is 8.85 Å². The first-order valence-corrected chi connectivity index (χ1v) is 22.9. The molecule has 0 aliphatic carbocycles. The maximum absolute atomic E-state index is 7.08. The predicted octanol–water partition coefficient (Wildman–Crippen LogP) is 9.95. The van der Waals surface area contributed by atoms with Crippen LogP contribution < -0.4 is 24.8 Å². The van der Waals surface area contributed by atoms with Gasteiger partial charge in [0, 0.05) is 0 Å². The molecule has 0 aliphatic heterocycles. The van der Waals surface area contributed by atoms with Crippen LogP contribution in [0.2, 0.25) is 36.3 Å². The molecule has 222 valence electrons. The van der Waals surface area contributed by atoms with Gasteiger partial charge in [0.15, 0.2) is 0 Å². The Morgan fingerprint density at radius 3 is 1.21 bits per heavy atom. The lowest BCUT2D eigenvalue weighted by atomic mass is 10.2. The Morgan fingerprint density at radius 1 is 0.500 bits per heavy atom. The monoisotopic (exact) mass is 613 g/mol. The molecule has 0 atom stereocenters. The second-order valence-electron chi connectivity index (χ2n) is 14.5. The van der Waals surface area contributed by atoms with Crippen molar-refractivity contribution in [2.75, 3.05) is 0 Å². The fraction of sp³-hybridized carbons (Fsp3) is 0.351. The van der Waals surface area contributed by atoms with Crippen LogP contribution in [0, 0.1) is 0 Å². The lowest BCUT2D eigenvalue weighted by Crippen LogP contribution is -2.45. The minimum absolute atomic E-state index is 0.0755. The first-order chi connectivity index (χ1) is 19.6. The van der Waals surface area contributed by atoms with Crippen molar-refractivity contribution in [3.8, 4) is 11.5 Å². The summed E-state index contributed by atoms with van der Waals surface area (Å²) in [5, 5.41) is 4.32. The second-order valence-corrected chi connectivity index (χ2v) is 27.4. The van der Waals surface area contributed by atoms with E-state index in [-0.39, 0.29) is 10.1 Å². The highest BCUT2D eigenvalue weighted by molar-refractivity contribution is 7.95. The number of hydrogen-bond donors (Lipinski definition) is 0. The lowest BCUT2D eigenvalue weighted by molar-refractivity contribution is 0.440. The highest BCUT2D eigenvalue weighted by atomic mass is 31.2. The largest absolute Gasteiger partial charge is 0.541 e. The van der Waals surface area contributed by atoms with Gasteiger partial charge in [0.25, 0.3) is 16.6 Å². The maximum Gasteiger partial charge on any atom is 0.250 e. The average molecular weight is 614 g/mol. The molecule has 0 spiro atoms. The van der Waals surface area contributed by atoms with Crippen LogP contribution in [-0.2, 0) is 6.16 Å². The summed E-state index contributed by atoms with van der Waals surface area (Å²) in [6, 6.07) is 40.1. The molecule has 0 fully saturated rings. The Labute approximate surface area is 258 Å². The second kappa shape index (κ2) is 12.1. The normalized spacial score (nSPS) is 13.1. The van der Waals surface area contributed by atoms with Gasteiger partial charge in [-0.3, -0.25) is 0 Å². The molecule has 0 aliphatic rings. The van der Waals surface area contributed by atoms with Gasteiger partial charge in [-0.1, -0.05) is 102 Å². The summed E-state index contributed by atoms with van der Waals surface area (Å²) in [6.45, 7) is 23.1. The van der Waals surface area contributed by atoms with E-state index in [1.54, 1.807) is 0 Å². The van der Waals surface area contributed by atoms with Crippen LogP contribution in [0.1, 0.15) is 47.1 Å². The minimum Gasteiger partial charge on any atom is -0.541 e. The minimum atomic E-state index is -2.13. The molecule has 0 heterocycles. The first kappa shape index (κ1) is 32.3. The highest BCUT2D eigenvalue weighted by Gasteiger charge is 2.46. The summed E-state index contributed by atoms with van der Waals surface area (Å²) >= 11 is 0. The summed E-state index contributed by atoms with van der Waals surface area (Å²) in [4.78, 5) is 0. The van der Waals surface area contributed by atoms with Crippen molar-refractivity contribution < 1.29 is 8.85 Å². The van der Waals surface area contributed by atoms with Gasteiger partial charge in [0.05, 0.1) is 6.16 Å². The van der Waals surface area contributed by atoms with E-state index in [1.165, 1.54) is 21.5 Å². The van der Waals surface area contributed by atoms with Crippen molar-refractivity contribution in [1.29, 1.82) is 0 Å². The molecule has 4 aromatic carbocycles. The van der Waals surface area contributed by atoms with Gasteiger partial charge in [0.1, 0.15) is 34.7 Å². The highest BCUT2D eigenvalue weighted by Crippen LogP contribution is 2.58. The third-order valence-electron chi connectivity index (χ3n) is 9.36. The lowest BCUT2D eigenvalue weighted by Gasteiger charge is -2.40. The molecule has 0 bridgehead atoms. The van der Waals surface area contributed by atoms with E-state index < -0.39 is 23.9 Å². The topological polar surface area (TPSA) is 18.5 Å². The fourth-order valence-corrected chi connectivity index (χ4v) is 11.0. The van der Waals surface area contributed by atoms with Crippen LogP contribution in [0.15, 0.2) is 109 Å². The standard InChI is InChI=1S/C37H50O2PSi2/c1-36(2,3)41(7,8)38-34-27-26-30(28-35(34)39-42(9,10)37(4,5)6)29-40(31-20-14-11-15-21-31,32-22-16-12-17-23-32)33-24-18-13-19-25-33/h11-28H,29H2,1-10H3/q+1. The summed E-state index contributed by atoms with van der Waals surface area (Å²) in [5.74, 6) is 1.79. The van der Waals surface area contributed by atoms with Crippen LogP contribution >= 0.6 is 7.26 Å². The maximum atomic E-state index is 7.08. The molecule has 0 radical (unpaired) electrons. The molecule has 0 N–H and O–H groups in total. The summed E-state index contributed by atoms with van der Waals surface area (Å²) in [7, 11) is -6.24. The molecule has 4 aromatic rings. The molecule has 4 rings (SSSR count). The fourth-order valence-electron chi connectivity index (χ4n) is 4.71. The van der Waals surface area contributed by atoms with Crippen LogP contribution in [0.25, 0.3) is 0 Å². The third-order valence-corrected chi connectivity index (χ3v) is 22.4. The van der Waals surface area contributed by atoms with Crippen LogP contribution in [0.5, 0.6) is 11.5 Å². The molecule has 0 saturated carbocycles. The Hall–Kier alpha value is -2.66. The smallest absolute Gasteiger partial charge is 0.250 e. The number of hydrogen-bond acceptors (Lipinski definition) is 2.